The summed E-state index contributed by atoms with van der Waals surface area (Å²) in [5, 5.41) is 13.0. The summed E-state index contributed by atoms with van der Waals surface area (Å²) < 4.78 is 5.94. The monoisotopic (exact) mass is 502 g/mol. The van der Waals surface area contributed by atoms with Gasteiger partial charge in [0.2, 0.25) is 11.8 Å². The van der Waals surface area contributed by atoms with Crippen molar-refractivity contribution in [2.75, 3.05) is 5.75 Å². The SMILES string of the molecule is O=C(Cc1ccccc1)N[C@@H]1C(=O)N2C(C(=O)OC(c3ccccc3)c3ccccc3)C(O)CS[C@@H]12. The maximum absolute atomic E-state index is 13.4. The van der Waals surface area contributed by atoms with Crippen molar-refractivity contribution >= 4 is 29.5 Å². The summed E-state index contributed by atoms with van der Waals surface area (Å²) in [5.41, 5.74) is 2.42. The first-order chi connectivity index (χ1) is 17.5. The zero-order chi connectivity index (χ0) is 25.1. The number of carbonyl (C=O) groups excluding carboxylic acids is 3. The van der Waals surface area contributed by atoms with Crippen LogP contribution >= 0.6 is 11.8 Å². The van der Waals surface area contributed by atoms with Gasteiger partial charge in [-0.25, -0.2) is 4.79 Å². The van der Waals surface area contributed by atoms with Gasteiger partial charge in [-0.2, -0.15) is 0 Å². The van der Waals surface area contributed by atoms with E-state index in [1.807, 2.05) is 91.0 Å². The number of benzene rings is 3. The Balaban J connectivity index is 1.30. The standard InChI is InChI=1S/C28H26N2O5S/c31-21-17-36-27-23(29-22(32)16-18-10-4-1-5-11-18)26(33)30(27)24(21)28(34)35-25(19-12-6-2-7-13-19)20-14-8-3-9-15-20/h1-15,21,23-25,27,31H,16-17H2,(H,29,32)/t21?,23-,24?,27+/m1/s1. The van der Waals surface area contributed by atoms with Crippen LogP contribution < -0.4 is 5.32 Å². The molecule has 0 radical (unpaired) electrons. The van der Waals surface area contributed by atoms with Crippen LogP contribution in [0.3, 0.4) is 0 Å². The molecule has 3 aromatic carbocycles. The smallest absolute Gasteiger partial charge is 0.332 e. The number of thioether (sulfide) groups is 1. The van der Waals surface area contributed by atoms with Gasteiger partial charge in [-0.15, -0.1) is 11.8 Å². The molecule has 2 aliphatic rings. The number of nitrogens with zero attached hydrogens (tertiary/aromatic N) is 1. The summed E-state index contributed by atoms with van der Waals surface area (Å²) in [6.07, 6.45) is -1.60. The molecular weight excluding hydrogens is 476 g/mol. The van der Waals surface area contributed by atoms with E-state index in [0.29, 0.717) is 0 Å². The third kappa shape index (κ3) is 4.87. The molecule has 0 spiro atoms. The van der Waals surface area contributed by atoms with E-state index in [4.69, 9.17) is 4.74 Å². The second-order valence-corrected chi connectivity index (χ2v) is 9.98. The first-order valence-electron chi connectivity index (χ1n) is 11.8. The summed E-state index contributed by atoms with van der Waals surface area (Å²) >= 11 is 1.35. The number of rotatable bonds is 7. The number of hydrogen-bond acceptors (Lipinski definition) is 6. The first kappa shape index (κ1) is 24.1. The predicted molar refractivity (Wildman–Crippen MR) is 136 cm³/mol. The lowest BCUT2D eigenvalue weighted by Crippen LogP contribution is -2.76. The quantitative estimate of drug-likeness (QED) is 0.381. The Bertz CT molecular complexity index is 1180. The number of esters is 1. The van der Waals surface area contributed by atoms with E-state index in [2.05, 4.69) is 5.32 Å². The molecule has 3 aromatic rings. The Kier molecular flexibility index (Phi) is 7.06. The Labute approximate surface area is 213 Å². The highest BCUT2D eigenvalue weighted by Crippen LogP contribution is 2.39. The molecule has 0 aromatic heterocycles. The molecular formula is C28H26N2O5S. The number of aliphatic hydroxyl groups is 1. The Morgan fingerprint density at radius 3 is 2.08 bits per heavy atom. The van der Waals surface area contributed by atoms with Crippen LogP contribution in [0.15, 0.2) is 91.0 Å². The molecule has 36 heavy (non-hydrogen) atoms. The van der Waals surface area contributed by atoms with Crippen molar-refractivity contribution in [1.29, 1.82) is 0 Å². The Hall–Kier alpha value is -3.62. The van der Waals surface area contributed by atoms with E-state index in [9.17, 15) is 19.5 Å². The molecule has 2 N–H and O–H groups in total. The molecule has 2 heterocycles. The molecule has 2 aliphatic heterocycles. The Morgan fingerprint density at radius 1 is 0.944 bits per heavy atom. The fourth-order valence-electron chi connectivity index (χ4n) is 4.61. The first-order valence-corrected chi connectivity index (χ1v) is 12.8. The number of carbonyl (C=O) groups is 3. The molecule has 2 saturated heterocycles. The van der Waals surface area contributed by atoms with Crippen LogP contribution in [0.5, 0.6) is 0 Å². The number of amides is 2. The number of nitrogens with one attached hydrogen (secondary N) is 1. The lowest BCUT2D eigenvalue weighted by molar-refractivity contribution is -0.173. The minimum Gasteiger partial charge on any atom is -0.451 e. The third-order valence-electron chi connectivity index (χ3n) is 6.39. The van der Waals surface area contributed by atoms with Gasteiger partial charge in [0.15, 0.2) is 12.1 Å². The van der Waals surface area contributed by atoms with E-state index in [0.717, 1.165) is 16.7 Å². The van der Waals surface area contributed by atoms with E-state index in [1.165, 1.54) is 16.7 Å². The number of aliphatic hydroxyl groups excluding tert-OH is 1. The zero-order valence-electron chi connectivity index (χ0n) is 19.4. The van der Waals surface area contributed by atoms with Crippen LogP contribution in [-0.4, -0.2) is 57.1 Å². The van der Waals surface area contributed by atoms with E-state index in [-0.39, 0.29) is 18.1 Å². The molecule has 0 saturated carbocycles. The van der Waals surface area contributed by atoms with Crippen LogP contribution in [0, 0.1) is 0 Å². The van der Waals surface area contributed by atoms with Crippen molar-refractivity contribution in [3.63, 3.8) is 0 Å². The van der Waals surface area contributed by atoms with Crippen molar-refractivity contribution in [3.05, 3.63) is 108 Å². The fraction of sp³-hybridized carbons (Fsp3) is 0.250. The predicted octanol–water partition coefficient (Wildman–Crippen LogP) is 2.69. The van der Waals surface area contributed by atoms with Crippen molar-refractivity contribution in [3.8, 4) is 0 Å². The van der Waals surface area contributed by atoms with Gasteiger partial charge in [-0.1, -0.05) is 91.0 Å². The number of hydrogen-bond donors (Lipinski definition) is 2. The molecule has 184 valence electrons. The van der Waals surface area contributed by atoms with E-state index >= 15 is 0 Å². The van der Waals surface area contributed by atoms with Gasteiger partial charge < -0.3 is 20.1 Å². The van der Waals surface area contributed by atoms with Gasteiger partial charge in [0, 0.05) is 5.75 Å². The number of fused-ring (bicyclic) bond motifs is 1. The topological polar surface area (TPSA) is 95.9 Å². The lowest BCUT2D eigenvalue weighted by atomic mass is 9.98. The molecule has 7 nitrogen and oxygen atoms in total. The van der Waals surface area contributed by atoms with Gasteiger partial charge in [-0.05, 0) is 16.7 Å². The summed E-state index contributed by atoms with van der Waals surface area (Å²) in [5.74, 6) is -1.09. The summed E-state index contributed by atoms with van der Waals surface area (Å²) in [6, 6.07) is 26.1. The summed E-state index contributed by atoms with van der Waals surface area (Å²) in [4.78, 5) is 40.3. The van der Waals surface area contributed by atoms with Crippen molar-refractivity contribution < 1.29 is 24.2 Å². The number of β-lactam (4-membered cyclic amide) rings is 1. The van der Waals surface area contributed by atoms with Gasteiger partial charge in [0.1, 0.15) is 11.4 Å². The van der Waals surface area contributed by atoms with Gasteiger partial charge in [0.25, 0.3) is 0 Å². The third-order valence-corrected chi connectivity index (χ3v) is 7.76. The molecule has 4 atom stereocenters. The molecule has 2 amide bonds. The van der Waals surface area contributed by atoms with E-state index in [1.54, 1.807) is 0 Å². The van der Waals surface area contributed by atoms with Crippen LogP contribution in [0.25, 0.3) is 0 Å². The highest BCUT2D eigenvalue weighted by atomic mass is 32.2. The molecule has 0 bridgehead atoms. The van der Waals surface area contributed by atoms with E-state index < -0.39 is 41.5 Å². The maximum atomic E-state index is 13.4. The minimum absolute atomic E-state index is 0.159. The fourth-order valence-corrected chi connectivity index (χ4v) is 5.96. The van der Waals surface area contributed by atoms with Crippen LogP contribution in [0.1, 0.15) is 22.8 Å². The summed E-state index contributed by atoms with van der Waals surface area (Å²) in [6.45, 7) is 0. The molecule has 8 heteroatoms. The average molecular weight is 503 g/mol. The molecule has 0 aliphatic carbocycles. The van der Waals surface area contributed by atoms with Crippen molar-refractivity contribution in [1.82, 2.24) is 10.2 Å². The largest absolute Gasteiger partial charge is 0.451 e. The van der Waals surface area contributed by atoms with Crippen LogP contribution in [0.4, 0.5) is 0 Å². The van der Waals surface area contributed by atoms with Gasteiger partial charge >= 0.3 is 5.97 Å². The normalized spacial score (nSPS) is 22.9. The highest BCUT2D eigenvalue weighted by Gasteiger charge is 2.58. The van der Waals surface area contributed by atoms with Crippen molar-refractivity contribution in [2.24, 2.45) is 0 Å². The molecule has 2 fully saturated rings. The minimum atomic E-state index is -1.14. The second-order valence-electron chi connectivity index (χ2n) is 8.83. The number of ether oxygens (including phenoxy) is 1. The average Bonchev–Trinajstić information content (AvgIpc) is 2.91. The molecule has 2 unspecified atom stereocenters. The molecule has 5 rings (SSSR count). The zero-order valence-corrected chi connectivity index (χ0v) is 20.2. The highest BCUT2D eigenvalue weighted by molar-refractivity contribution is 8.00. The lowest BCUT2D eigenvalue weighted by Gasteiger charge is -2.53. The van der Waals surface area contributed by atoms with Crippen LogP contribution in [-0.2, 0) is 25.5 Å². The van der Waals surface area contributed by atoms with Crippen LogP contribution in [0.2, 0.25) is 0 Å². The van der Waals surface area contributed by atoms with Gasteiger partial charge in [-0.3, -0.25) is 9.59 Å². The summed E-state index contributed by atoms with van der Waals surface area (Å²) in [7, 11) is 0. The van der Waals surface area contributed by atoms with Gasteiger partial charge in [0.05, 0.1) is 12.5 Å². The van der Waals surface area contributed by atoms with Crippen molar-refractivity contribution in [2.45, 2.75) is 36.1 Å². The maximum Gasteiger partial charge on any atom is 0.332 e. The second kappa shape index (κ2) is 10.6. The Morgan fingerprint density at radius 2 is 1.50 bits per heavy atom.